The number of hydrogen-bond acceptors (Lipinski definition) is 2. The van der Waals surface area contributed by atoms with Crippen LogP contribution in [0.25, 0.3) is 0 Å². The topological polar surface area (TPSA) is 35.8 Å². The smallest absolute Gasteiger partial charge is 0.141 e. The van der Waals surface area contributed by atoms with Gasteiger partial charge >= 0.3 is 0 Å². The summed E-state index contributed by atoms with van der Waals surface area (Å²) in [5.41, 5.74) is 1.64. The van der Waals surface area contributed by atoms with Gasteiger partial charge in [0.1, 0.15) is 17.7 Å². The molecule has 0 heterocycles. The van der Waals surface area contributed by atoms with Gasteiger partial charge in [0, 0.05) is 16.3 Å². The second-order valence-electron chi connectivity index (χ2n) is 4.39. The number of aryl methyl sites for hydroxylation is 1. The zero-order valence-corrected chi connectivity index (χ0v) is 11.4. The van der Waals surface area contributed by atoms with Crippen molar-refractivity contribution in [2.75, 3.05) is 5.32 Å². The van der Waals surface area contributed by atoms with E-state index in [0.717, 1.165) is 11.6 Å². The molecule has 0 bridgehead atoms. The first-order valence-electron chi connectivity index (χ1n) is 5.88. The van der Waals surface area contributed by atoms with Gasteiger partial charge in [0.25, 0.3) is 0 Å². The lowest BCUT2D eigenvalue weighted by Gasteiger charge is -2.15. The first-order chi connectivity index (χ1) is 9.49. The number of nitrogens with one attached hydrogen (secondary N) is 1. The van der Waals surface area contributed by atoms with Crippen LogP contribution < -0.4 is 5.32 Å². The SMILES string of the molecule is Cc1cc(F)cc(NC(C#N)c2ccc(F)cc2Cl)c1. The zero-order valence-electron chi connectivity index (χ0n) is 10.6. The molecule has 0 fully saturated rings. The number of anilines is 1. The summed E-state index contributed by atoms with van der Waals surface area (Å²) < 4.78 is 26.3. The van der Waals surface area contributed by atoms with Crippen LogP contribution in [0.15, 0.2) is 36.4 Å². The normalized spacial score (nSPS) is 11.8. The third-order valence-electron chi connectivity index (χ3n) is 2.76. The molecule has 0 aliphatic carbocycles. The van der Waals surface area contributed by atoms with Crippen LogP contribution in [0.4, 0.5) is 14.5 Å². The molecule has 1 atom stereocenters. The van der Waals surface area contributed by atoms with Crippen molar-refractivity contribution >= 4 is 17.3 Å². The van der Waals surface area contributed by atoms with Gasteiger partial charge in [-0.2, -0.15) is 5.26 Å². The summed E-state index contributed by atoms with van der Waals surface area (Å²) in [4.78, 5) is 0. The standard InChI is InChI=1S/C15H11ClF2N2/c1-9-4-11(18)6-12(5-9)20-15(8-19)13-3-2-10(17)7-14(13)16/h2-7,15,20H,1H3. The zero-order chi connectivity index (χ0) is 14.7. The largest absolute Gasteiger partial charge is 0.366 e. The Morgan fingerprint density at radius 2 is 1.90 bits per heavy atom. The van der Waals surface area contributed by atoms with Crippen molar-refractivity contribution in [3.05, 3.63) is 64.2 Å². The minimum Gasteiger partial charge on any atom is -0.366 e. The van der Waals surface area contributed by atoms with E-state index in [0.29, 0.717) is 11.3 Å². The lowest BCUT2D eigenvalue weighted by Crippen LogP contribution is -2.09. The van der Waals surface area contributed by atoms with Gasteiger partial charge in [-0.25, -0.2) is 8.78 Å². The highest BCUT2D eigenvalue weighted by molar-refractivity contribution is 6.31. The first kappa shape index (κ1) is 14.3. The van der Waals surface area contributed by atoms with Gasteiger partial charge in [-0.05, 0) is 42.8 Å². The molecule has 2 nitrogen and oxygen atoms in total. The van der Waals surface area contributed by atoms with E-state index in [2.05, 4.69) is 5.32 Å². The molecule has 2 aromatic carbocycles. The monoisotopic (exact) mass is 292 g/mol. The lowest BCUT2D eigenvalue weighted by atomic mass is 10.1. The summed E-state index contributed by atoms with van der Waals surface area (Å²) in [5, 5.41) is 12.2. The van der Waals surface area contributed by atoms with Crippen molar-refractivity contribution in [3.63, 3.8) is 0 Å². The number of benzene rings is 2. The molecule has 2 rings (SSSR count). The summed E-state index contributed by atoms with van der Waals surface area (Å²) >= 11 is 5.93. The van der Waals surface area contributed by atoms with E-state index in [1.165, 1.54) is 24.3 Å². The molecular formula is C15H11ClF2N2. The van der Waals surface area contributed by atoms with Crippen LogP contribution in [0.2, 0.25) is 5.02 Å². The maximum Gasteiger partial charge on any atom is 0.141 e. The summed E-state index contributed by atoms with van der Waals surface area (Å²) in [7, 11) is 0. The summed E-state index contributed by atoms with van der Waals surface area (Å²) in [6, 6.07) is 9.42. The third-order valence-corrected chi connectivity index (χ3v) is 3.08. The molecule has 1 N–H and O–H groups in total. The predicted octanol–water partition coefficient (Wildman–Crippen LogP) is 4.60. The van der Waals surface area contributed by atoms with Crippen LogP contribution >= 0.6 is 11.6 Å². The number of nitrogens with zero attached hydrogens (tertiary/aromatic N) is 1. The Bertz CT molecular complexity index is 660. The molecule has 2 aromatic rings. The highest BCUT2D eigenvalue weighted by Gasteiger charge is 2.15. The van der Waals surface area contributed by atoms with E-state index in [4.69, 9.17) is 11.6 Å². The van der Waals surface area contributed by atoms with Crippen molar-refractivity contribution in [2.45, 2.75) is 13.0 Å². The van der Waals surface area contributed by atoms with Gasteiger partial charge in [0.15, 0.2) is 0 Å². The summed E-state index contributed by atoms with van der Waals surface area (Å²) in [5.74, 6) is -0.869. The second kappa shape index (κ2) is 5.89. The number of halogens is 3. The highest BCUT2D eigenvalue weighted by atomic mass is 35.5. The number of rotatable bonds is 3. The van der Waals surface area contributed by atoms with Crippen molar-refractivity contribution in [1.82, 2.24) is 0 Å². The van der Waals surface area contributed by atoms with E-state index < -0.39 is 17.7 Å². The quantitative estimate of drug-likeness (QED) is 0.897. The fraction of sp³-hybridized carbons (Fsp3) is 0.133. The van der Waals surface area contributed by atoms with Crippen LogP contribution in [-0.4, -0.2) is 0 Å². The molecule has 0 aliphatic heterocycles. The van der Waals surface area contributed by atoms with E-state index in [9.17, 15) is 14.0 Å². The Balaban J connectivity index is 2.31. The highest BCUT2D eigenvalue weighted by Crippen LogP contribution is 2.27. The second-order valence-corrected chi connectivity index (χ2v) is 4.80. The molecule has 20 heavy (non-hydrogen) atoms. The molecule has 0 aromatic heterocycles. The average Bonchev–Trinajstić information content (AvgIpc) is 2.35. The van der Waals surface area contributed by atoms with Crippen LogP contribution in [-0.2, 0) is 0 Å². The fourth-order valence-corrected chi connectivity index (χ4v) is 2.18. The van der Waals surface area contributed by atoms with Crippen LogP contribution in [0.5, 0.6) is 0 Å². The Kier molecular flexibility index (Phi) is 4.21. The van der Waals surface area contributed by atoms with E-state index in [1.807, 2.05) is 6.07 Å². The minimum atomic E-state index is -0.788. The molecule has 0 spiro atoms. The predicted molar refractivity (Wildman–Crippen MR) is 74.5 cm³/mol. The number of hydrogen-bond donors (Lipinski definition) is 1. The number of nitriles is 1. The Morgan fingerprint density at radius 3 is 2.50 bits per heavy atom. The summed E-state index contributed by atoms with van der Waals surface area (Å²) in [6.45, 7) is 1.75. The van der Waals surface area contributed by atoms with Gasteiger partial charge in [-0.1, -0.05) is 17.7 Å². The van der Waals surface area contributed by atoms with E-state index in [-0.39, 0.29) is 5.02 Å². The van der Waals surface area contributed by atoms with Crippen LogP contribution in [0, 0.1) is 29.9 Å². The van der Waals surface area contributed by atoms with Crippen molar-refractivity contribution in [1.29, 1.82) is 5.26 Å². The first-order valence-corrected chi connectivity index (χ1v) is 6.25. The van der Waals surface area contributed by atoms with Crippen molar-refractivity contribution in [2.24, 2.45) is 0 Å². The molecule has 5 heteroatoms. The molecule has 0 radical (unpaired) electrons. The van der Waals surface area contributed by atoms with Gasteiger partial charge in [0.05, 0.1) is 6.07 Å². The molecule has 0 saturated carbocycles. The van der Waals surface area contributed by atoms with E-state index in [1.54, 1.807) is 13.0 Å². The molecule has 1 unspecified atom stereocenters. The molecule has 102 valence electrons. The van der Waals surface area contributed by atoms with Gasteiger partial charge in [-0.3, -0.25) is 0 Å². The van der Waals surface area contributed by atoms with Crippen molar-refractivity contribution < 1.29 is 8.78 Å². The Hall–Kier alpha value is -2.12. The molecule has 0 aliphatic rings. The van der Waals surface area contributed by atoms with Crippen molar-refractivity contribution in [3.8, 4) is 6.07 Å². The third kappa shape index (κ3) is 3.25. The maximum atomic E-state index is 13.3. The average molecular weight is 293 g/mol. The van der Waals surface area contributed by atoms with E-state index >= 15 is 0 Å². The van der Waals surface area contributed by atoms with Gasteiger partial charge < -0.3 is 5.32 Å². The van der Waals surface area contributed by atoms with Crippen LogP contribution in [0.1, 0.15) is 17.2 Å². The van der Waals surface area contributed by atoms with Crippen LogP contribution in [0.3, 0.4) is 0 Å². The lowest BCUT2D eigenvalue weighted by molar-refractivity contribution is 0.626. The van der Waals surface area contributed by atoms with Gasteiger partial charge in [0.2, 0.25) is 0 Å². The molecule has 0 saturated heterocycles. The minimum absolute atomic E-state index is 0.150. The fourth-order valence-electron chi connectivity index (χ4n) is 1.90. The summed E-state index contributed by atoms with van der Waals surface area (Å²) in [6.07, 6.45) is 0. The Labute approximate surface area is 120 Å². The molecular weight excluding hydrogens is 282 g/mol. The molecule has 0 amide bonds. The van der Waals surface area contributed by atoms with Gasteiger partial charge in [-0.15, -0.1) is 0 Å². The Morgan fingerprint density at radius 1 is 1.15 bits per heavy atom. The maximum absolute atomic E-state index is 13.3.